The van der Waals surface area contributed by atoms with E-state index in [0.29, 0.717) is 22.2 Å². The van der Waals surface area contributed by atoms with Crippen molar-refractivity contribution in [2.75, 3.05) is 12.0 Å². The van der Waals surface area contributed by atoms with Crippen LogP contribution < -0.4 is 9.64 Å². The maximum absolute atomic E-state index is 13.8. The average Bonchev–Trinajstić information content (AvgIpc) is 3.09. The Balaban J connectivity index is 1.83. The molecule has 0 N–H and O–H groups in total. The van der Waals surface area contributed by atoms with Gasteiger partial charge >= 0.3 is 0 Å². The van der Waals surface area contributed by atoms with E-state index < -0.39 is 0 Å². The second kappa shape index (κ2) is 8.46. The Morgan fingerprint density at radius 2 is 1.90 bits per heavy atom. The van der Waals surface area contributed by atoms with Gasteiger partial charge in [0.2, 0.25) is 0 Å². The fraction of sp³-hybridized carbons (Fsp3) is 0.167. The van der Waals surface area contributed by atoms with Crippen molar-refractivity contribution in [1.82, 2.24) is 4.98 Å². The Morgan fingerprint density at radius 3 is 2.63 bits per heavy atom. The zero-order valence-corrected chi connectivity index (χ0v) is 18.6. The molecule has 2 aromatic carbocycles. The molecule has 4 aromatic rings. The van der Waals surface area contributed by atoms with Crippen molar-refractivity contribution in [3.8, 4) is 5.75 Å². The number of carbonyl (C=O) groups is 1. The lowest BCUT2D eigenvalue weighted by Gasteiger charge is -2.24. The van der Waals surface area contributed by atoms with E-state index in [0.717, 1.165) is 32.7 Å². The molecule has 0 fully saturated rings. The first-order chi connectivity index (χ1) is 14.5. The van der Waals surface area contributed by atoms with Crippen LogP contribution in [0.2, 0.25) is 5.02 Å². The minimum absolute atomic E-state index is 0.152. The van der Waals surface area contributed by atoms with Crippen molar-refractivity contribution in [3.05, 3.63) is 87.5 Å². The number of halogens is 1. The fourth-order valence-corrected chi connectivity index (χ4v) is 4.86. The number of thiophene rings is 1. The van der Waals surface area contributed by atoms with Crippen molar-refractivity contribution < 1.29 is 9.53 Å². The molecule has 0 saturated carbocycles. The molecule has 0 atom stereocenters. The molecule has 152 valence electrons. The van der Waals surface area contributed by atoms with Gasteiger partial charge in [0, 0.05) is 21.8 Å². The fourth-order valence-electron chi connectivity index (χ4n) is 3.40. The zero-order valence-electron chi connectivity index (χ0n) is 17.0. The Morgan fingerprint density at radius 1 is 1.10 bits per heavy atom. The number of benzene rings is 2. The van der Waals surface area contributed by atoms with Crippen molar-refractivity contribution in [3.63, 3.8) is 0 Å². The number of ether oxygens (including phenoxy) is 1. The lowest BCUT2D eigenvalue weighted by atomic mass is 10.1. The number of aromatic nitrogens is 1. The van der Waals surface area contributed by atoms with E-state index >= 15 is 0 Å². The van der Waals surface area contributed by atoms with E-state index in [2.05, 4.69) is 4.98 Å². The maximum Gasteiger partial charge on any atom is 0.270 e. The molecule has 1 amide bonds. The first-order valence-electron chi connectivity index (χ1n) is 9.54. The summed E-state index contributed by atoms with van der Waals surface area (Å²) in [6.07, 6.45) is 0. The van der Waals surface area contributed by atoms with Crippen LogP contribution in [-0.2, 0) is 6.54 Å². The molecule has 6 heteroatoms. The summed E-state index contributed by atoms with van der Waals surface area (Å²) in [4.78, 5) is 20.6. The zero-order chi connectivity index (χ0) is 21.3. The van der Waals surface area contributed by atoms with E-state index in [-0.39, 0.29) is 5.91 Å². The third kappa shape index (κ3) is 3.91. The van der Waals surface area contributed by atoms with Gasteiger partial charge in [0.25, 0.3) is 5.91 Å². The Hall–Kier alpha value is -2.89. The number of hydrogen-bond donors (Lipinski definition) is 0. The van der Waals surface area contributed by atoms with Crippen LogP contribution in [0.1, 0.15) is 26.6 Å². The molecule has 0 saturated heterocycles. The minimum Gasteiger partial charge on any atom is -0.497 e. The molecule has 2 aromatic heterocycles. The van der Waals surface area contributed by atoms with Gasteiger partial charge in [-0.05, 0) is 43.7 Å². The molecule has 0 bridgehead atoms. The van der Waals surface area contributed by atoms with Gasteiger partial charge in [0.05, 0.1) is 30.1 Å². The first-order valence-corrected chi connectivity index (χ1v) is 10.7. The van der Waals surface area contributed by atoms with Crippen LogP contribution in [0.25, 0.3) is 10.1 Å². The molecular weight excluding hydrogens is 416 g/mol. The van der Waals surface area contributed by atoms with E-state index in [9.17, 15) is 4.79 Å². The number of nitrogens with zero attached hydrogens (tertiary/aromatic N) is 2. The number of anilines is 1. The smallest absolute Gasteiger partial charge is 0.270 e. The van der Waals surface area contributed by atoms with Crippen molar-refractivity contribution >= 4 is 44.6 Å². The average molecular weight is 437 g/mol. The number of hydrogen-bond acceptors (Lipinski definition) is 4. The summed E-state index contributed by atoms with van der Waals surface area (Å²) < 4.78 is 6.40. The molecule has 0 radical (unpaired) electrons. The van der Waals surface area contributed by atoms with E-state index in [4.69, 9.17) is 16.3 Å². The molecule has 0 unspecified atom stereocenters. The number of pyridine rings is 1. The predicted molar refractivity (Wildman–Crippen MR) is 124 cm³/mol. The summed E-state index contributed by atoms with van der Waals surface area (Å²) in [7, 11) is 1.62. The molecule has 0 aliphatic heterocycles. The van der Waals surface area contributed by atoms with Crippen LogP contribution in [0, 0.1) is 13.8 Å². The summed E-state index contributed by atoms with van der Waals surface area (Å²) in [6.45, 7) is 4.25. The number of rotatable bonds is 5. The Labute approximate surface area is 184 Å². The second-order valence-corrected chi connectivity index (χ2v) is 8.49. The highest BCUT2D eigenvalue weighted by atomic mass is 35.5. The number of carbonyl (C=O) groups excluding carboxylic acids is 1. The van der Waals surface area contributed by atoms with Crippen molar-refractivity contribution in [2.24, 2.45) is 0 Å². The van der Waals surface area contributed by atoms with Crippen LogP contribution in [0.5, 0.6) is 5.75 Å². The van der Waals surface area contributed by atoms with Crippen LogP contribution in [-0.4, -0.2) is 18.0 Å². The van der Waals surface area contributed by atoms with E-state index in [1.165, 1.54) is 11.3 Å². The van der Waals surface area contributed by atoms with Gasteiger partial charge in [-0.15, -0.1) is 11.3 Å². The second-order valence-electron chi connectivity index (χ2n) is 7.06. The van der Waals surface area contributed by atoms with Gasteiger partial charge in [-0.3, -0.25) is 9.78 Å². The van der Waals surface area contributed by atoms with Crippen molar-refractivity contribution in [1.29, 1.82) is 0 Å². The third-order valence-corrected chi connectivity index (χ3v) is 6.61. The lowest BCUT2D eigenvalue weighted by molar-refractivity contribution is 0.0988. The summed E-state index contributed by atoms with van der Waals surface area (Å²) in [5.41, 5.74) is 3.45. The number of amides is 1. The lowest BCUT2D eigenvalue weighted by Crippen LogP contribution is -2.31. The quantitative estimate of drug-likeness (QED) is 0.362. The van der Waals surface area contributed by atoms with Crippen LogP contribution in [0.3, 0.4) is 0 Å². The van der Waals surface area contributed by atoms with E-state index in [1.807, 2.05) is 74.5 Å². The Bertz CT molecular complexity index is 1240. The predicted octanol–water partition coefficient (Wildman–Crippen LogP) is 6.42. The summed E-state index contributed by atoms with van der Waals surface area (Å²) in [5, 5.41) is 1.38. The van der Waals surface area contributed by atoms with Crippen LogP contribution >= 0.6 is 22.9 Å². The summed E-state index contributed by atoms with van der Waals surface area (Å²) in [6, 6.07) is 19.3. The minimum atomic E-state index is -0.152. The monoisotopic (exact) mass is 436 g/mol. The molecule has 4 rings (SSSR count). The molecule has 2 heterocycles. The van der Waals surface area contributed by atoms with Crippen LogP contribution in [0.15, 0.2) is 60.7 Å². The molecule has 0 spiro atoms. The van der Waals surface area contributed by atoms with E-state index in [1.54, 1.807) is 12.0 Å². The van der Waals surface area contributed by atoms with Crippen molar-refractivity contribution in [2.45, 2.75) is 20.4 Å². The number of methoxy groups -OCH3 is 1. The molecule has 30 heavy (non-hydrogen) atoms. The first kappa shape index (κ1) is 20.4. The molecular formula is C24H21ClN2O2S. The maximum atomic E-state index is 13.8. The SMILES string of the molecule is COc1ccc(C)c(N(Cc2cccc(C)n2)C(=O)c2sc3ccccc3c2Cl)c1. The van der Waals surface area contributed by atoms with Gasteiger partial charge in [-0.1, -0.05) is 41.9 Å². The van der Waals surface area contributed by atoms with Gasteiger partial charge < -0.3 is 9.64 Å². The standard InChI is InChI=1S/C24H21ClN2O2S/c1-15-11-12-18(29-3)13-20(15)27(14-17-8-6-7-16(2)26-17)24(28)23-22(25)19-9-4-5-10-21(19)30-23/h4-13H,14H2,1-3H3. The largest absolute Gasteiger partial charge is 0.497 e. The highest BCUT2D eigenvalue weighted by Gasteiger charge is 2.26. The molecule has 4 nitrogen and oxygen atoms in total. The van der Waals surface area contributed by atoms with Gasteiger partial charge in [-0.25, -0.2) is 0 Å². The summed E-state index contributed by atoms with van der Waals surface area (Å²) in [5.74, 6) is 0.536. The summed E-state index contributed by atoms with van der Waals surface area (Å²) >= 11 is 8.04. The molecule has 0 aliphatic rings. The number of fused-ring (bicyclic) bond motifs is 1. The Kier molecular flexibility index (Phi) is 5.75. The van der Waals surface area contributed by atoms with Gasteiger partial charge in [0.15, 0.2) is 0 Å². The third-order valence-electron chi connectivity index (χ3n) is 4.95. The highest BCUT2D eigenvalue weighted by molar-refractivity contribution is 7.21. The highest BCUT2D eigenvalue weighted by Crippen LogP contribution is 2.37. The molecule has 0 aliphatic carbocycles. The normalized spacial score (nSPS) is 10.9. The number of aryl methyl sites for hydroxylation is 2. The topological polar surface area (TPSA) is 42.4 Å². The van der Waals surface area contributed by atoms with Gasteiger partial charge in [0.1, 0.15) is 10.6 Å². The van der Waals surface area contributed by atoms with Crippen LogP contribution in [0.4, 0.5) is 5.69 Å². The van der Waals surface area contributed by atoms with Gasteiger partial charge in [-0.2, -0.15) is 0 Å².